The third-order valence-corrected chi connectivity index (χ3v) is 3.41. The molecule has 24 heavy (non-hydrogen) atoms. The lowest BCUT2D eigenvalue weighted by atomic mass is 10.2. The molecule has 1 aromatic carbocycles. The lowest BCUT2D eigenvalue weighted by Crippen LogP contribution is -2.36. The molecular formula is C18H24N4O2. The molecule has 0 aliphatic heterocycles. The van der Waals surface area contributed by atoms with E-state index in [0.29, 0.717) is 25.6 Å². The SMILES string of the molecule is CCOc1cc(CNC(=NC)NCc2ccccc2OC)ccn1. The van der Waals surface area contributed by atoms with Gasteiger partial charge in [0, 0.05) is 38.0 Å². The summed E-state index contributed by atoms with van der Waals surface area (Å²) in [6.07, 6.45) is 1.74. The van der Waals surface area contributed by atoms with Crippen molar-refractivity contribution in [1.82, 2.24) is 15.6 Å². The lowest BCUT2D eigenvalue weighted by molar-refractivity contribution is 0.326. The fourth-order valence-corrected chi connectivity index (χ4v) is 2.22. The van der Waals surface area contributed by atoms with Gasteiger partial charge in [-0.1, -0.05) is 18.2 Å². The van der Waals surface area contributed by atoms with Gasteiger partial charge < -0.3 is 20.1 Å². The van der Waals surface area contributed by atoms with Crippen molar-refractivity contribution >= 4 is 5.96 Å². The molecule has 1 heterocycles. The molecule has 1 aromatic heterocycles. The van der Waals surface area contributed by atoms with Gasteiger partial charge in [0.25, 0.3) is 0 Å². The highest BCUT2D eigenvalue weighted by atomic mass is 16.5. The smallest absolute Gasteiger partial charge is 0.213 e. The molecule has 0 fully saturated rings. The van der Waals surface area contributed by atoms with E-state index in [0.717, 1.165) is 22.8 Å². The number of nitrogens with zero attached hydrogens (tertiary/aromatic N) is 2. The van der Waals surface area contributed by atoms with Crippen LogP contribution < -0.4 is 20.1 Å². The summed E-state index contributed by atoms with van der Waals surface area (Å²) in [5.41, 5.74) is 2.15. The van der Waals surface area contributed by atoms with Gasteiger partial charge in [-0.2, -0.15) is 0 Å². The zero-order valence-corrected chi connectivity index (χ0v) is 14.4. The van der Waals surface area contributed by atoms with Crippen LogP contribution in [0.3, 0.4) is 0 Å². The average molecular weight is 328 g/mol. The van der Waals surface area contributed by atoms with Crippen molar-refractivity contribution in [2.75, 3.05) is 20.8 Å². The summed E-state index contributed by atoms with van der Waals surface area (Å²) >= 11 is 0. The molecule has 128 valence electrons. The Morgan fingerprint density at radius 3 is 2.71 bits per heavy atom. The third-order valence-electron chi connectivity index (χ3n) is 3.41. The summed E-state index contributed by atoms with van der Waals surface area (Å²) in [4.78, 5) is 8.40. The second kappa shape index (κ2) is 9.39. The highest BCUT2D eigenvalue weighted by Gasteiger charge is 2.04. The third kappa shape index (κ3) is 5.15. The Balaban J connectivity index is 1.90. The molecule has 0 saturated carbocycles. The van der Waals surface area contributed by atoms with Crippen molar-refractivity contribution in [3.63, 3.8) is 0 Å². The van der Waals surface area contributed by atoms with E-state index >= 15 is 0 Å². The van der Waals surface area contributed by atoms with E-state index in [-0.39, 0.29) is 0 Å². The Morgan fingerprint density at radius 2 is 1.96 bits per heavy atom. The van der Waals surface area contributed by atoms with Crippen LogP contribution in [0.2, 0.25) is 0 Å². The Morgan fingerprint density at radius 1 is 1.17 bits per heavy atom. The summed E-state index contributed by atoms with van der Waals surface area (Å²) in [6, 6.07) is 11.8. The molecule has 6 nitrogen and oxygen atoms in total. The molecule has 0 aliphatic carbocycles. The molecule has 2 rings (SSSR count). The fraction of sp³-hybridized carbons (Fsp3) is 0.333. The molecule has 0 aliphatic rings. The second-order valence-corrected chi connectivity index (χ2v) is 5.03. The minimum absolute atomic E-state index is 0.603. The number of rotatable bonds is 7. The topological polar surface area (TPSA) is 67.8 Å². The minimum Gasteiger partial charge on any atom is -0.496 e. The maximum atomic E-state index is 5.41. The first-order chi connectivity index (χ1) is 11.8. The first-order valence-corrected chi connectivity index (χ1v) is 7.91. The maximum Gasteiger partial charge on any atom is 0.213 e. The molecule has 0 amide bonds. The first kappa shape index (κ1) is 17.6. The van der Waals surface area contributed by atoms with Crippen molar-refractivity contribution < 1.29 is 9.47 Å². The summed E-state index contributed by atoms with van der Waals surface area (Å²) in [5.74, 6) is 2.21. The van der Waals surface area contributed by atoms with Gasteiger partial charge in [-0.15, -0.1) is 0 Å². The van der Waals surface area contributed by atoms with Crippen LogP contribution in [-0.4, -0.2) is 31.7 Å². The van der Waals surface area contributed by atoms with E-state index in [1.807, 2.05) is 43.3 Å². The summed E-state index contributed by atoms with van der Waals surface area (Å²) in [5, 5.41) is 6.56. The van der Waals surface area contributed by atoms with Crippen LogP contribution in [0.15, 0.2) is 47.6 Å². The van der Waals surface area contributed by atoms with E-state index in [2.05, 4.69) is 20.6 Å². The number of methoxy groups -OCH3 is 1. The van der Waals surface area contributed by atoms with Crippen LogP contribution in [0.5, 0.6) is 11.6 Å². The molecule has 0 bridgehead atoms. The second-order valence-electron chi connectivity index (χ2n) is 5.03. The number of aliphatic imine (C=N–C) groups is 1. The van der Waals surface area contributed by atoms with Gasteiger partial charge >= 0.3 is 0 Å². The fourth-order valence-electron chi connectivity index (χ4n) is 2.22. The minimum atomic E-state index is 0.603. The summed E-state index contributed by atoms with van der Waals surface area (Å²) < 4.78 is 10.8. The molecule has 0 spiro atoms. The Hall–Kier alpha value is -2.76. The molecular weight excluding hydrogens is 304 g/mol. The van der Waals surface area contributed by atoms with Crippen LogP contribution in [0.25, 0.3) is 0 Å². The molecule has 0 saturated heterocycles. The average Bonchev–Trinajstić information content (AvgIpc) is 2.63. The number of nitrogens with one attached hydrogen (secondary N) is 2. The highest BCUT2D eigenvalue weighted by Crippen LogP contribution is 2.16. The quantitative estimate of drug-likeness (QED) is 0.603. The molecule has 6 heteroatoms. The molecule has 2 aromatic rings. The lowest BCUT2D eigenvalue weighted by Gasteiger charge is -2.14. The van der Waals surface area contributed by atoms with Crippen molar-refractivity contribution in [3.8, 4) is 11.6 Å². The van der Waals surface area contributed by atoms with Gasteiger partial charge in [0.05, 0.1) is 13.7 Å². The number of aromatic nitrogens is 1. The molecule has 2 N–H and O–H groups in total. The van der Waals surface area contributed by atoms with E-state index in [1.54, 1.807) is 20.4 Å². The number of guanidine groups is 1. The van der Waals surface area contributed by atoms with Gasteiger partial charge in [0.2, 0.25) is 5.88 Å². The van der Waals surface area contributed by atoms with Gasteiger partial charge in [-0.25, -0.2) is 4.98 Å². The monoisotopic (exact) mass is 328 g/mol. The zero-order chi connectivity index (χ0) is 17.2. The molecule has 0 radical (unpaired) electrons. The van der Waals surface area contributed by atoms with E-state index in [1.165, 1.54) is 0 Å². The Kier molecular flexibility index (Phi) is 6.89. The Labute approximate surface area is 142 Å². The number of benzene rings is 1. The molecule has 0 unspecified atom stereocenters. The van der Waals surface area contributed by atoms with Gasteiger partial charge in [-0.3, -0.25) is 4.99 Å². The predicted molar refractivity (Wildman–Crippen MR) is 95.4 cm³/mol. The van der Waals surface area contributed by atoms with Crippen LogP contribution in [0.1, 0.15) is 18.1 Å². The molecule has 0 atom stereocenters. The zero-order valence-electron chi connectivity index (χ0n) is 14.4. The van der Waals surface area contributed by atoms with Crippen molar-refractivity contribution in [3.05, 3.63) is 53.7 Å². The normalized spacial score (nSPS) is 11.0. The van der Waals surface area contributed by atoms with E-state index < -0.39 is 0 Å². The van der Waals surface area contributed by atoms with Crippen LogP contribution in [0, 0.1) is 0 Å². The highest BCUT2D eigenvalue weighted by molar-refractivity contribution is 5.79. The largest absolute Gasteiger partial charge is 0.496 e. The van der Waals surface area contributed by atoms with Crippen molar-refractivity contribution in [2.45, 2.75) is 20.0 Å². The standard InChI is InChI=1S/C18H24N4O2/c1-4-24-17-11-14(9-10-20-17)12-21-18(19-2)22-13-15-7-5-6-8-16(15)23-3/h5-11H,4,12-13H2,1-3H3,(H2,19,21,22). The number of ether oxygens (including phenoxy) is 2. The van der Waals surface area contributed by atoms with Crippen molar-refractivity contribution in [2.24, 2.45) is 4.99 Å². The predicted octanol–water partition coefficient (Wildman–Crippen LogP) is 2.35. The number of para-hydroxylation sites is 1. The first-order valence-electron chi connectivity index (χ1n) is 7.91. The van der Waals surface area contributed by atoms with Gasteiger partial charge in [0.15, 0.2) is 5.96 Å². The number of hydrogen-bond acceptors (Lipinski definition) is 4. The van der Waals surface area contributed by atoms with Gasteiger partial charge in [0.1, 0.15) is 5.75 Å². The van der Waals surface area contributed by atoms with Crippen molar-refractivity contribution in [1.29, 1.82) is 0 Å². The van der Waals surface area contributed by atoms with Crippen LogP contribution in [-0.2, 0) is 13.1 Å². The Bertz CT molecular complexity index is 674. The maximum absolute atomic E-state index is 5.41. The number of pyridine rings is 1. The van der Waals surface area contributed by atoms with Crippen LogP contribution in [0.4, 0.5) is 0 Å². The van der Waals surface area contributed by atoms with E-state index in [4.69, 9.17) is 9.47 Å². The summed E-state index contributed by atoms with van der Waals surface area (Å²) in [6.45, 7) is 3.81. The van der Waals surface area contributed by atoms with Gasteiger partial charge in [-0.05, 0) is 24.6 Å². The van der Waals surface area contributed by atoms with E-state index in [9.17, 15) is 0 Å². The number of hydrogen-bond donors (Lipinski definition) is 2. The van der Waals surface area contributed by atoms with Crippen LogP contribution >= 0.6 is 0 Å². The summed E-state index contributed by atoms with van der Waals surface area (Å²) in [7, 11) is 3.42.